The first-order valence-electron chi connectivity index (χ1n) is 12.5. The van der Waals surface area contributed by atoms with Crippen LogP contribution in [0.1, 0.15) is 24.0 Å². The van der Waals surface area contributed by atoms with E-state index in [0.29, 0.717) is 13.1 Å². The van der Waals surface area contributed by atoms with Crippen LogP contribution in [0.15, 0.2) is 71.7 Å². The number of amides is 1. The van der Waals surface area contributed by atoms with Crippen LogP contribution < -0.4 is 15.4 Å². The molecule has 2 aromatic carbocycles. The minimum absolute atomic E-state index is 0.0403. The van der Waals surface area contributed by atoms with Gasteiger partial charge in [-0.1, -0.05) is 48.0 Å². The summed E-state index contributed by atoms with van der Waals surface area (Å²) in [6, 6.07) is 20.1. The maximum absolute atomic E-state index is 13.3. The van der Waals surface area contributed by atoms with Crippen LogP contribution >= 0.6 is 0 Å². The Morgan fingerprint density at radius 1 is 0.914 bits per heavy atom. The highest BCUT2D eigenvalue weighted by atomic mass is 16.2. The molecule has 3 aromatic rings. The quantitative estimate of drug-likeness (QED) is 0.572. The lowest BCUT2D eigenvalue weighted by Crippen LogP contribution is -2.52. The van der Waals surface area contributed by atoms with Gasteiger partial charge in [0.2, 0.25) is 5.91 Å². The van der Waals surface area contributed by atoms with Crippen molar-refractivity contribution in [3.8, 4) is 0 Å². The number of hydrogen-bond donors (Lipinski definition) is 0. The number of rotatable bonds is 5. The van der Waals surface area contributed by atoms with Crippen molar-refractivity contribution < 1.29 is 4.79 Å². The molecule has 0 spiro atoms. The van der Waals surface area contributed by atoms with E-state index in [-0.39, 0.29) is 17.4 Å². The summed E-state index contributed by atoms with van der Waals surface area (Å²) in [6.07, 6.45) is 3.59. The van der Waals surface area contributed by atoms with Crippen LogP contribution in [0, 0.1) is 12.8 Å². The first-order valence-corrected chi connectivity index (χ1v) is 12.5. The van der Waals surface area contributed by atoms with Crippen molar-refractivity contribution in [1.82, 2.24) is 14.7 Å². The average Bonchev–Trinajstić information content (AvgIpc) is 2.91. The highest BCUT2D eigenvalue weighted by Crippen LogP contribution is 2.25. The van der Waals surface area contributed by atoms with Crippen molar-refractivity contribution in [3.05, 3.63) is 88.3 Å². The van der Waals surface area contributed by atoms with Gasteiger partial charge in [-0.25, -0.2) is 4.68 Å². The lowest BCUT2D eigenvalue weighted by atomic mass is 9.96. The number of nitrogens with zero attached hydrogens (tertiary/aromatic N) is 5. The molecule has 0 saturated carbocycles. The third-order valence-electron chi connectivity index (χ3n) is 7.16. The third kappa shape index (κ3) is 5.39. The second-order valence-electron chi connectivity index (χ2n) is 9.63. The zero-order valence-corrected chi connectivity index (χ0v) is 20.3. The van der Waals surface area contributed by atoms with Crippen LogP contribution in [-0.2, 0) is 11.3 Å². The fraction of sp³-hybridized carbons (Fsp3) is 0.393. The van der Waals surface area contributed by atoms with E-state index in [9.17, 15) is 9.59 Å². The zero-order chi connectivity index (χ0) is 24.2. The number of carbonyl (C=O) groups is 1. The fourth-order valence-electron chi connectivity index (χ4n) is 5.08. The fourth-order valence-corrected chi connectivity index (χ4v) is 5.08. The lowest BCUT2D eigenvalue weighted by Gasteiger charge is -2.40. The highest BCUT2D eigenvalue weighted by Gasteiger charge is 2.31. The average molecular weight is 472 g/mol. The van der Waals surface area contributed by atoms with Crippen molar-refractivity contribution in [3.63, 3.8) is 0 Å². The van der Waals surface area contributed by atoms with E-state index in [2.05, 4.69) is 46.1 Å². The second kappa shape index (κ2) is 10.3. The van der Waals surface area contributed by atoms with Gasteiger partial charge in [0, 0.05) is 51.0 Å². The second-order valence-corrected chi connectivity index (χ2v) is 9.63. The molecule has 5 rings (SSSR count). The summed E-state index contributed by atoms with van der Waals surface area (Å²) in [5, 5.41) is 4.41. The molecule has 2 aliphatic rings. The highest BCUT2D eigenvalue weighted by molar-refractivity contribution is 5.80. The van der Waals surface area contributed by atoms with Crippen LogP contribution in [0.3, 0.4) is 0 Å². The third-order valence-corrected chi connectivity index (χ3v) is 7.16. The van der Waals surface area contributed by atoms with Crippen LogP contribution in [-0.4, -0.2) is 59.9 Å². The normalized spacial score (nSPS) is 18.5. The molecule has 2 saturated heterocycles. The van der Waals surface area contributed by atoms with E-state index >= 15 is 0 Å². The molecule has 7 nitrogen and oxygen atoms in total. The number of carbonyl (C=O) groups excluding carboxylic acids is 1. The van der Waals surface area contributed by atoms with Crippen LogP contribution in [0.5, 0.6) is 0 Å². The Bertz CT molecular complexity index is 1200. The van der Waals surface area contributed by atoms with Gasteiger partial charge in [-0.3, -0.25) is 9.59 Å². The van der Waals surface area contributed by atoms with Gasteiger partial charge in [-0.15, -0.1) is 0 Å². The minimum Gasteiger partial charge on any atom is -0.369 e. The van der Waals surface area contributed by atoms with Gasteiger partial charge in [0.1, 0.15) is 0 Å². The molecule has 0 unspecified atom stereocenters. The number of aryl methyl sites for hydroxylation is 1. The summed E-state index contributed by atoms with van der Waals surface area (Å²) in [4.78, 5) is 32.6. The molecular weight excluding hydrogens is 438 g/mol. The van der Waals surface area contributed by atoms with Crippen LogP contribution in [0.2, 0.25) is 0 Å². The molecule has 2 fully saturated rings. The van der Waals surface area contributed by atoms with Crippen molar-refractivity contribution in [1.29, 1.82) is 0 Å². The van der Waals surface area contributed by atoms with Crippen molar-refractivity contribution in [2.24, 2.45) is 5.92 Å². The molecule has 35 heavy (non-hydrogen) atoms. The zero-order valence-electron chi connectivity index (χ0n) is 20.3. The van der Waals surface area contributed by atoms with Gasteiger partial charge in [0.05, 0.1) is 24.3 Å². The lowest BCUT2D eigenvalue weighted by molar-refractivity contribution is -0.136. The van der Waals surface area contributed by atoms with E-state index < -0.39 is 0 Å². The van der Waals surface area contributed by atoms with Crippen molar-refractivity contribution >= 4 is 17.3 Å². The number of piperidine rings is 1. The van der Waals surface area contributed by atoms with E-state index in [1.807, 2.05) is 35.2 Å². The monoisotopic (exact) mass is 471 g/mol. The van der Waals surface area contributed by atoms with E-state index in [0.717, 1.165) is 56.8 Å². The summed E-state index contributed by atoms with van der Waals surface area (Å²) >= 11 is 0. The van der Waals surface area contributed by atoms with Gasteiger partial charge < -0.3 is 14.7 Å². The Balaban J connectivity index is 1.19. The summed E-state index contributed by atoms with van der Waals surface area (Å²) < 4.78 is 1.49. The maximum Gasteiger partial charge on any atom is 0.269 e. The Kier molecular flexibility index (Phi) is 6.84. The molecule has 0 N–H and O–H groups in total. The van der Waals surface area contributed by atoms with Gasteiger partial charge in [0.15, 0.2) is 0 Å². The number of piperazine rings is 1. The van der Waals surface area contributed by atoms with Gasteiger partial charge in [-0.2, -0.15) is 5.10 Å². The summed E-state index contributed by atoms with van der Waals surface area (Å²) in [5.41, 5.74) is 4.21. The van der Waals surface area contributed by atoms with Crippen LogP contribution in [0.25, 0.3) is 0 Å². The predicted octanol–water partition coefficient (Wildman–Crippen LogP) is 3.17. The SMILES string of the molecule is Cc1ccc(N2CCN(C(=O)[C@@H]3CCCN(c4cnn(Cc5ccccc5)c(=O)c4)C3)CC2)cc1. The summed E-state index contributed by atoms with van der Waals surface area (Å²) in [6.45, 7) is 7.25. The van der Waals surface area contributed by atoms with Gasteiger partial charge in [-0.05, 0) is 37.5 Å². The Morgan fingerprint density at radius 3 is 2.37 bits per heavy atom. The smallest absolute Gasteiger partial charge is 0.269 e. The summed E-state index contributed by atoms with van der Waals surface area (Å²) in [5.74, 6) is 0.199. The largest absolute Gasteiger partial charge is 0.369 e. The Labute approximate surface area is 206 Å². The number of hydrogen-bond acceptors (Lipinski definition) is 5. The summed E-state index contributed by atoms with van der Waals surface area (Å²) in [7, 11) is 0. The maximum atomic E-state index is 13.3. The minimum atomic E-state index is -0.118. The van der Waals surface area contributed by atoms with E-state index in [4.69, 9.17) is 0 Å². The van der Waals surface area contributed by atoms with Crippen molar-refractivity contribution in [2.75, 3.05) is 49.1 Å². The van der Waals surface area contributed by atoms with E-state index in [1.54, 1.807) is 12.3 Å². The number of benzene rings is 2. The first-order chi connectivity index (χ1) is 17.1. The molecule has 0 aliphatic carbocycles. The number of anilines is 2. The van der Waals surface area contributed by atoms with Gasteiger partial charge in [0.25, 0.3) is 5.56 Å². The van der Waals surface area contributed by atoms with E-state index in [1.165, 1.54) is 15.9 Å². The van der Waals surface area contributed by atoms with Gasteiger partial charge >= 0.3 is 0 Å². The Hall–Kier alpha value is -3.61. The molecule has 1 aromatic heterocycles. The molecule has 0 bridgehead atoms. The molecule has 7 heteroatoms. The molecule has 1 amide bonds. The molecule has 1 atom stereocenters. The van der Waals surface area contributed by atoms with Crippen LogP contribution in [0.4, 0.5) is 11.4 Å². The molecule has 3 heterocycles. The molecular formula is C28H33N5O2. The predicted molar refractivity (Wildman–Crippen MR) is 139 cm³/mol. The first kappa shape index (κ1) is 23.1. The molecule has 2 aliphatic heterocycles. The standard InChI is InChI=1S/C28H33N5O2/c1-22-9-11-25(12-10-22)30-14-16-31(17-15-30)28(35)24-8-5-13-32(21-24)26-18-27(34)33(29-19-26)20-23-6-3-2-4-7-23/h2-4,6-7,9-12,18-19,24H,5,8,13-17,20-21H2,1H3/t24-/m1/s1. The Morgan fingerprint density at radius 2 is 1.66 bits per heavy atom. The van der Waals surface area contributed by atoms with Crippen molar-refractivity contribution in [2.45, 2.75) is 26.3 Å². The molecule has 182 valence electrons. The number of aromatic nitrogens is 2. The molecule has 0 radical (unpaired) electrons. The topological polar surface area (TPSA) is 61.7 Å².